The van der Waals surface area contributed by atoms with Crippen molar-refractivity contribution in [2.24, 2.45) is 0 Å². The lowest BCUT2D eigenvalue weighted by Gasteiger charge is -2.30. The highest BCUT2D eigenvalue weighted by Gasteiger charge is 2.29. The van der Waals surface area contributed by atoms with E-state index in [0.717, 1.165) is 17.4 Å². The van der Waals surface area contributed by atoms with Crippen LogP contribution in [0.1, 0.15) is 25.6 Å². The molecule has 1 atom stereocenters. The number of nitriles is 1. The molecule has 0 radical (unpaired) electrons. The number of amides is 2. The van der Waals surface area contributed by atoms with E-state index in [9.17, 15) is 19.2 Å². The first-order chi connectivity index (χ1) is 12.5. The molecule has 1 aliphatic heterocycles. The Morgan fingerprint density at radius 3 is 2.92 bits per heavy atom. The fraction of sp³-hybridized carbons (Fsp3) is 0.278. The largest absolute Gasteiger partial charge is 0.320 e. The van der Waals surface area contributed by atoms with Crippen molar-refractivity contribution in [1.29, 1.82) is 5.26 Å². The zero-order valence-corrected chi connectivity index (χ0v) is 15.6. The number of rotatable bonds is 3. The third kappa shape index (κ3) is 3.89. The summed E-state index contributed by atoms with van der Waals surface area (Å²) in [7, 11) is 0. The first-order valence-corrected chi connectivity index (χ1v) is 9.92. The van der Waals surface area contributed by atoms with Crippen LogP contribution in [-0.2, 0) is 0 Å². The first-order valence-electron chi connectivity index (χ1n) is 7.95. The molecule has 1 saturated heterocycles. The predicted octanol–water partition coefficient (Wildman–Crippen LogP) is 3.53. The third-order valence-electron chi connectivity index (χ3n) is 3.97. The Balaban J connectivity index is 1.77. The van der Waals surface area contributed by atoms with Crippen molar-refractivity contribution in [3.05, 3.63) is 52.2 Å². The number of aryl methyl sites for hydroxylation is 1. The van der Waals surface area contributed by atoms with Gasteiger partial charge >= 0.3 is 0 Å². The number of nitrogens with one attached hydrogen (secondary N) is 1. The topological polar surface area (TPSA) is 73.2 Å². The summed E-state index contributed by atoms with van der Waals surface area (Å²) in [5.41, 5.74) is 0.950. The quantitative estimate of drug-likeness (QED) is 0.872. The van der Waals surface area contributed by atoms with Crippen LogP contribution in [0.5, 0.6) is 0 Å². The molecule has 2 amide bonds. The summed E-state index contributed by atoms with van der Waals surface area (Å²) >= 11 is 2.83. The molecule has 1 N–H and O–H groups in total. The number of hydrogen-bond acceptors (Lipinski definition) is 5. The van der Waals surface area contributed by atoms with Gasteiger partial charge in [-0.25, -0.2) is 4.39 Å². The van der Waals surface area contributed by atoms with E-state index in [0.29, 0.717) is 22.2 Å². The van der Waals surface area contributed by atoms with Gasteiger partial charge in [-0.05, 0) is 36.8 Å². The number of anilines is 1. The fourth-order valence-corrected chi connectivity index (χ4v) is 4.65. The Morgan fingerprint density at radius 1 is 1.38 bits per heavy atom. The summed E-state index contributed by atoms with van der Waals surface area (Å²) in [5, 5.41) is 12.5. The van der Waals surface area contributed by atoms with Gasteiger partial charge < -0.3 is 10.2 Å². The number of thiophene rings is 1. The van der Waals surface area contributed by atoms with Gasteiger partial charge in [0.15, 0.2) is 0 Å². The van der Waals surface area contributed by atoms with E-state index in [1.807, 2.05) is 0 Å². The molecule has 1 fully saturated rings. The van der Waals surface area contributed by atoms with Gasteiger partial charge in [0.05, 0.1) is 15.9 Å². The van der Waals surface area contributed by atoms with E-state index in [4.69, 9.17) is 0 Å². The minimum Gasteiger partial charge on any atom is -0.320 e. The average Bonchev–Trinajstić information content (AvgIpc) is 3.01. The summed E-state index contributed by atoms with van der Waals surface area (Å²) in [6.45, 7) is 2.33. The van der Waals surface area contributed by atoms with Crippen molar-refractivity contribution < 1.29 is 14.0 Å². The smallest absolute Gasteiger partial charge is 0.265 e. The molecule has 0 spiro atoms. The predicted molar refractivity (Wildman–Crippen MR) is 101 cm³/mol. The van der Waals surface area contributed by atoms with Crippen molar-refractivity contribution >= 4 is 39.9 Å². The number of hydrogen-bond donors (Lipinski definition) is 1. The van der Waals surface area contributed by atoms with Crippen molar-refractivity contribution in [2.45, 2.75) is 13.0 Å². The highest BCUT2D eigenvalue weighted by molar-refractivity contribution is 7.99. The van der Waals surface area contributed by atoms with Gasteiger partial charge in [0, 0.05) is 23.6 Å². The van der Waals surface area contributed by atoms with Crippen LogP contribution in [0.15, 0.2) is 30.3 Å². The van der Waals surface area contributed by atoms with Crippen LogP contribution in [-0.4, -0.2) is 40.8 Å². The molecule has 0 bridgehead atoms. The van der Waals surface area contributed by atoms with Gasteiger partial charge in [-0.2, -0.15) is 17.0 Å². The summed E-state index contributed by atoms with van der Waals surface area (Å²) in [6.07, 6.45) is 0. The number of benzene rings is 1. The van der Waals surface area contributed by atoms with Crippen LogP contribution in [0.3, 0.4) is 0 Å². The van der Waals surface area contributed by atoms with Gasteiger partial charge in [0.2, 0.25) is 0 Å². The minimum atomic E-state index is -0.485. The number of halogens is 1. The zero-order valence-electron chi connectivity index (χ0n) is 14.0. The van der Waals surface area contributed by atoms with Crippen LogP contribution in [0.25, 0.3) is 0 Å². The van der Waals surface area contributed by atoms with Crippen molar-refractivity contribution in [3.63, 3.8) is 0 Å². The van der Waals surface area contributed by atoms with Crippen LogP contribution < -0.4 is 5.32 Å². The van der Waals surface area contributed by atoms with Gasteiger partial charge in [0.25, 0.3) is 11.8 Å². The molecular weight excluding hydrogens is 373 g/mol. The fourth-order valence-electron chi connectivity index (χ4n) is 2.65. The lowest BCUT2D eigenvalue weighted by atomic mass is 10.2. The summed E-state index contributed by atoms with van der Waals surface area (Å²) in [4.78, 5) is 27.2. The summed E-state index contributed by atoms with van der Waals surface area (Å²) in [6, 6.07) is 8.87. The second-order valence-electron chi connectivity index (χ2n) is 5.81. The maximum absolute atomic E-state index is 13.3. The molecule has 0 saturated carbocycles. The van der Waals surface area contributed by atoms with Gasteiger partial charge in [-0.1, -0.05) is 6.07 Å². The minimum absolute atomic E-state index is 0.189. The maximum atomic E-state index is 13.3. The van der Waals surface area contributed by atoms with Gasteiger partial charge in [0.1, 0.15) is 11.9 Å². The van der Waals surface area contributed by atoms with Crippen LogP contribution in [0.2, 0.25) is 0 Å². The number of thioether (sulfide) groups is 1. The normalized spacial score (nSPS) is 16.8. The molecule has 3 rings (SSSR count). The van der Waals surface area contributed by atoms with Gasteiger partial charge in [-0.3, -0.25) is 9.59 Å². The first kappa shape index (κ1) is 18.4. The molecule has 8 heteroatoms. The van der Waals surface area contributed by atoms with E-state index in [1.165, 1.54) is 29.5 Å². The molecular formula is C18H16FN3O2S2. The monoisotopic (exact) mass is 389 g/mol. The highest BCUT2D eigenvalue weighted by Crippen LogP contribution is 2.30. The average molecular weight is 389 g/mol. The number of carbonyl (C=O) groups excluding carboxylic acids is 2. The Kier molecular flexibility index (Phi) is 5.59. The second-order valence-corrected chi connectivity index (χ2v) is 8.01. The number of nitrogens with zero attached hydrogens (tertiary/aromatic N) is 2. The SMILES string of the molecule is Cc1cc(NC(=O)c2cccc(F)c2)sc1C(=O)N1CCSCC1C#N. The molecule has 0 aliphatic carbocycles. The van der Waals surface area contributed by atoms with E-state index in [1.54, 1.807) is 29.7 Å². The number of carbonyl (C=O) groups is 2. The summed E-state index contributed by atoms with van der Waals surface area (Å²) in [5.74, 6) is 0.300. The molecule has 26 heavy (non-hydrogen) atoms. The summed E-state index contributed by atoms with van der Waals surface area (Å²) < 4.78 is 13.3. The van der Waals surface area contributed by atoms with Crippen LogP contribution in [0.4, 0.5) is 9.39 Å². The lowest BCUT2D eigenvalue weighted by Crippen LogP contribution is -2.45. The molecule has 1 aromatic heterocycles. The lowest BCUT2D eigenvalue weighted by molar-refractivity contribution is 0.0741. The second kappa shape index (κ2) is 7.89. The van der Waals surface area contributed by atoms with Gasteiger partial charge in [-0.15, -0.1) is 11.3 Å². The molecule has 5 nitrogen and oxygen atoms in total. The van der Waals surface area contributed by atoms with E-state index in [2.05, 4.69) is 11.4 Å². The van der Waals surface area contributed by atoms with Crippen LogP contribution in [0, 0.1) is 24.1 Å². The molecule has 1 aromatic carbocycles. The standard InChI is InChI=1S/C18H16FN3O2S2/c1-11-7-15(21-17(23)12-3-2-4-13(19)8-12)26-16(11)18(24)22-5-6-25-10-14(22)9-20/h2-4,7-8,14H,5-6,10H2,1H3,(H,21,23). The van der Waals surface area contributed by atoms with E-state index < -0.39 is 17.8 Å². The molecule has 1 unspecified atom stereocenters. The van der Waals surface area contributed by atoms with Crippen LogP contribution >= 0.6 is 23.1 Å². The van der Waals surface area contributed by atoms with Crippen molar-refractivity contribution in [3.8, 4) is 6.07 Å². The molecule has 2 aromatic rings. The Labute approximate surface area is 158 Å². The third-order valence-corrected chi connectivity index (χ3v) is 6.14. The Morgan fingerprint density at radius 2 is 2.19 bits per heavy atom. The van der Waals surface area contributed by atoms with Crippen molar-refractivity contribution in [2.75, 3.05) is 23.4 Å². The van der Waals surface area contributed by atoms with E-state index >= 15 is 0 Å². The molecule has 134 valence electrons. The molecule has 2 heterocycles. The Hall–Kier alpha value is -2.37. The molecule has 1 aliphatic rings. The highest BCUT2D eigenvalue weighted by atomic mass is 32.2. The van der Waals surface area contributed by atoms with E-state index in [-0.39, 0.29) is 11.5 Å². The van der Waals surface area contributed by atoms with Crippen molar-refractivity contribution in [1.82, 2.24) is 4.90 Å². The maximum Gasteiger partial charge on any atom is 0.265 e. The zero-order chi connectivity index (χ0) is 18.7. The Bertz CT molecular complexity index is 891.